The normalized spacial score (nSPS) is 12.3. The molecular formula is C16H15F3N3PS. The fraction of sp³-hybridized carbons (Fsp3) is 0.250. The minimum atomic E-state index is -3.20. The molecule has 0 saturated carbocycles. The number of nitrogens with zero attached hydrogens (tertiary/aromatic N) is 3. The van der Waals surface area contributed by atoms with Gasteiger partial charge in [0, 0.05) is 27.5 Å². The summed E-state index contributed by atoms with van der Waals surface area (Å²) in [6.45, 7) is 4.01. The van der Waals surface area contributed by atoms with Gasteiger partial charge in [-0.25, -0.2) is 4.39 Å². The molecule has 2 aromatic heterocycles. The van der Waals surface area contributed by atoms with Gasteiger partial charge in [-0.3, -0.25) is 4.40 Å². The molecule has 0 N–H and O–H groups in total. The molecule has 0 spiro atoms. The Kier molecular flexibility index (Phi) is 4.58. The smallest absolute Gasteiger partial charge is 0.285 e. The van der Waals surface area contributed by atoms with Crippen LogP contribution in [0.2, 0.25) is 0 Å². The van der Waals surface area contributed by atoms with E-state index in [1.54, 1.807) is 12.1 Å². The van der Waals surface area contributed by atoms with Crippen LogP contribution in [0.4, 0.5) is 13.2 Å². The average Bonchev–Trinajstić information content (AvgIpc) is 2.91. The van der Waals surface area contributed by atoms with E-state index in [0.29, 0.717) is 10.5 Å². The maximum atomic E-state index is 13.7. The molecule has 3 nitrogen and oxygen atoms in total. The van der Waals surface area contributed by atoms with Crippen LogP contribution in [0.5, 0.6) is 0 Å². The molecule has 3 aromatic rings. The van der Waals surface area contributed by atoms with E-state index in [-0.39, 0.29) is 11.5 Å². The zero-order valence-electron chi connectivity index (χ0n) is 13.0. The highest BCUT2D eigenvalue weighted by atomic mass is 32.2. The summed E-state index contributed by atoms with van der Waals surface area (Å²) in [7, 11) is 1.45. The largest absolute Gasteiger partial charge is 0.285 e. The predicted molar refractivity (Wildman–Crippen MR) is 91.2 cm³/mol. The van der Waals surface area contributed by atoms with Crippen LogP contribution in [-0.2, 0) is 5.66 Å². The first kappa shape index (κ1) is 17.2. The second kappa shape index (κ2) is 6.37. The Morgan fingerprint density at radius 3 is 2.58 bits per heavy atom. The fourth-order valence-corrected chi connectivity index (χ4v) is 3.65. The molecule has 1 unspecified atom stereocenters. The SMILES string of the molecule is CC(C)c1nnc2ccc(Sc3ccc(F)cc3C(F)(F)P)cn12. The number of pyridine rings is 1. The number of fused-ring (bicyclic) bond motifs is 1. The molecule has 2 heterocycles. The first-order valence-electron chi connectivity index (χ1n) is 7.25. The van der Waals surface area contributed by atoms with Crippen LogP contribution in [-0.4, -0.2) is 14.6 Å². The maximum absolute atomic E-state index is 13.7. The van der Waals surface area contributed by atoms with Gasteiger partial charge in [0.05, 0.1) is 0 Å². The quantitative estimate of drug-likeness (QED) is 0.602. The average molecular weight is 369 g/mol. The van der Waals surface area contributed by atoms with Gasteiger partial charge in [-0.05, 0) is 30.3 Å². The zero-order valence-corrected chi connectivity index (χ0v) is 15.0. The lowest BCUT2D eigenvalue weighted by atomic mass is 10.2. The number of halogens is 3. The maximum Gasteiger partial charge on any atom is 0.285 e. The van der Waals surface area contributed by atoms with Crippen molar-refractivity contribution in [3.8, 4) is 0 Å². The zero-order chi connectivity index (χ0) is 17.5. The van der Waals surface area contributed by atoms with Crippen LogP contribution in [0.1, 0.15) is 31.2 Å². The van der Waals surface area contributed by atoms with E-state index >= 15 is 0 Å². The Hall–Kier alpha value is -1.59. The molecule has 0 fully saturated rings. The minimum Gasteiger partial charge on any atom is -0.285 e. The molecule has 0 aliphatic carbocycles. The monoisotopic (exact) mass is 369 g/mol. The van der Waals surface area contributed by atoms with E-state index in [2.05, 4.69) is 10.2 Å². The molecule has 126 valence electrons. The van der Waals surface area contributed by atoms with Gasteiger partial charge in [-0.15, -0.1) is 10.2 Å². The lowest BCUT2D eigenvalue weighted by Gasteiger charge is -2.15. The summed E-state index contributed by atoms with van der Waals surface area (Å²) in [6.07, 6.45) is 1.81. The standard InChI is InChI=1S/C16H15F3N3PS/c1-9(2)15-21-20-14-6-4-11(8-22(14)15)24-13-5-3-10(17)7-12(13)16(18,19)23/h3-9H,23H2,1-2H3. The van der Waals surface area contributed by atoms with Crippen molar-refractivity contribution < 1.29 is 13.2 Å². The molecule has 1 atom stereocenters. The Morgan fingerprint density at radius 2 is 1.92 bits per heavy atom. The predicted octanol–water partition coefficient (Wildman–Crippen LogP) is 5.07. The van der Waals surface area contributed by atoms with Crippen LogP contribution in [0.3, 0.4) is 0 Å². The highest BCUT2D eigenvalue weighted by molar-refractivity contribution is 7.99. The van der Waals surface area contributed by atoms with Crippen LogP contribution >= 0.6 is 21.0 Å². The third-order valence-corrected chi connectivity index (χ3v) is 4.81. The molecule has 0 amide bonds. The van der Waals surface area contributed by atoms with Gasteiger partial charge >= 0.3 is 0 Å². The Balaban J connectivity index is 2.03. The van der Waals surface area contributed by atoms with Gasteiger partial charge in [-0.2, -0.15) is 8.78 Å². The molecule has 3 rings (SSSR count). The third kappa shape index (κ3) is 3.42. The third-order valence-electron chi connectivity index (χ3n) is 3.45. The van der Waals surface area contributed by atoms with E-state index in [1.807, 2.05) is 24.4 Å². The highest BCUT2D eigenvalue weighted by Gasteiger charge is 2.28. The second-order valence-electron chi connectivity index (χ2n) is 5.67. The van der Waals surface area contributed by atoms with Crippen LogP contribution in [0.25, 0.3) is 5.65 Å². The summed E-state index contributed by atoms with van der Waals surface area (Å²) in [5, 5.41) is 8.23. The van der Waals surface area contributed by atoms with Gasteiger partial charge in [-0.1, -0.05) is 34.8 Å². The fourth-order valence-electron chi connectivity index (χ4n) is 2.32. The van der Waals surface area contributed by atoms with Crippen LogP contribution in [0.15, 0.2) is 46.3 Å². The van der Waals surface area contributed by atoms with Crippen molar-refractivity contribution in [3.05, 3.63) is 53.7 Å². The Morgan fingerprint density at radius 1 is 1.17 bits per heavy atom. The molecule has 1 aromatic carbocycles. The number of aromatic nitrogens is 3. The summed E-state index contributed by atoms with van der Waals surface area (Å²) >= 11 is 1.15. The summed E-state index contributed by atoms with van der Waals surface area (Å²) in [5.74, 6) is 0.286. The number of alkyl halides is 2. The summed E-state index contributed by atoms with van der Waals surface area (Å²) in [5.41, 5.74) is -2.86. The van der Waals surface area contributed by atoms with Gasteiger partial charge in [0.2, 0.25) is 0 Å². The molecule has 0 aliphatic rings. The molecule has 24 heavy (non-hydrogen) atoms. The highest BCUT2D eigenvalue weighted by Crippen LogP contribution is 2.42. The molecule has 8 heteroatoms. The van der Waals surface area contributed by atoms with Crippen molar-refractivity contribution >= 4 is 26.6 Å². The van der Waals surface area contributed by atoms with Gasteiger partial charge < -0.3 is 0 Å². The number of rotatable bonds is 4. The topological polar surface area (TPSA) is 30.2 Å². The van der Waals surface area contributed by atoms with Crippen molar-refractivity contribution in [1.29, 1.82) is 0 Å². The lowest BCUT2D eigenvalue weighted by Crippen LogP contribution is -2.05. The van der Waals surface area contributed by atoms with Crippen molar-refractivity contribution in [2.45, 2.75) is 35.2 Å². The number of benzene rings is 1. The van der Waals surface area contributed by atoms with Crippen molar-refractivity contribution in [2.75, 3.05) is 0 Å². The molecule has 0 radical (unpaired) electrons. The molecular weight excluding hydrogens is 354 g/mol. The van der Waals surface area contributed by atoms with E-state index in [1.165, 1.54) is 21.4 Å². The van der Waals surface area contributed by atoms with E-state index in [4.69, 9.17) is 0 Å². The Bertz CT molecular complexity index is 890. The number of hydrogen-bond acceptors (Lipinski definition) is 3. The first-order chi connectivity index (χ1) is 11.3. The van der Waals surface area contributed by atoms with E-state index < -0.39 is 11.5 Å². The van der Waals surface area contributed by atoms with Gasteiger partial charge in [0.25, 0.3) is 5.66 Å². The molecule has 0 aliphatic heterocycles. The van der Waals surface area contributed by atoms with Crippen molar-refractivity contribution in [1.82, 2.24) is 14.6 Å². The van der Waals surface area contributed by atoms with Crippen LogP contribution in [0, 0.1) is 5.82 Å². The summed E-state index contributed by atoms with van der Waals surface area (Å²) < 4.78 is 42.7. The lowest BCUT2D eigenvalue weighted by molar-refractivity contribution is 0.100. The van der Waals surface area contributed by atoms with E-state index in [0.717, 1.165) is 28.5 Å². The second-order valence-corrected chi connectivity index (χ2v) is 7.51. The van der Waals surface area contributed by atoms with Crippen molar-refractivity contribution in [2.24, 2.45) is 0 Å². The first-order valence-corrected chi connectivity index (χ1v) is 8.64. The van der Waals surface area contributed by atoms with Crippen molar-refractivity contribution in [3.63, 3.8) is 0 Å². The number of hydrogen-bond donors (Lipinski definition) is 0. The van der Waals surface area contributed by atoms with E-state index in [9.17, 15) is 13.2 Å². The van der Waals surface area contributed by atoms with Crippen LogP contribution < -0.4 is 0 Å². The summed E-state index contributed by atoms with van der Waals surface area (Å²) in [4.78, 5) is 1.04. The molecule has 0 saturated heterocycles. The summed E-state index contributed by atoms with van der Waals surface area (Å²) in [6, 6.07) is 6.98. The molecule has 0 bridgehead atoms. The Labute approximate surface area is 143 Å². The van der Waals surface area contributed by atoms with Gasteiger partial charge in [0.1, 0.15) is 11.6 Å². The minimum absolute atomic E-state index is 0.179. The van der Waals surface area contributed by atoms with Gasteiger partial charge in [0.15, 0.2) is 5.65 Å².